The lowest BCUT2D eigenvalue weighted by Gasteiger charge is -2.51. The van der Waals surface area contributed by atoms with Crippen LogP contribution in [0.4, 0.5) is 5.69 Å². The lowest BCUT2D eigenvalue weighted by molar-refractivity contribution is -0.122. The number of likely N-dealkylation sites (tertiary alicyclic amines) is 1. The van der Waals surface area contributed by atoms with Crippen molar-refractivity contribution in [1.82, 2.24) is 4.90 Å². The number of carbonyl (C=O) groups is 3. The fourth-order valence-electron chi connectivity index (χ4n) is 6.97. The number of carbonyl (C=O) groups excluding carboxylic acids is 3. The molecule has 36 heavy (non-hydrogen) atoms. The predicted molar refractivity (Wildman–Crippen MR) is 140 cm³/mol. The Morgan fingerprint density at radius 3 is 1.97 bits per heavy atom. The average Bonchev–Trinajstić information content (AvgIpc) is 3.20. The summed E-state index contributed by atoms with van der Waals surface area (Å²) in [4.78, 5) is 44.2. The van der Waals surface area contributed by atoms with Gasteiger partial charge in [0.1, 0.15) is 0 Å². The van der Waals surface area contributed by atoms with Crippen LogP contribution in [0.15, 0.2) is 72.8 Å². The second kappa shape index (κ2) is 7.87. The number of nitrogens with zero attached hydrogens (tertiary/aromatic N) is 2. The molecule has 5 nitrogen and oxygen atoms in total. The van der Waals surface area contributed by atoms with Crippen molar-refractivity contribution in [2.75, 3.05) is 18.0 Å². The Bertz CT molecular complexity index is 1380. The van der Waals surface area contributed by atoms with E-state index in [2.05, 4.69) is 40.2 Å². The Labute approximate surface area is 218 Å². The van der Waals surface area contributed by atoms with E-state index in [1.165, 1.54) is 4.90 Å². The summed E-state index contributed by atoms with van der Waals surface area (Å²) in [5.74, 6) is -1.52. The Hall–Kier alpha value is -3.25. The van der Waals surface area contributed by atoms with Crippen LogP contribution in [0.3, 0.4) is 0 Å². The minimum Gasteiger partial charge on any atom is -0.339 e. The lowest BCUT2D eigenvalue weighted by Crippen LogP contribution is -2.50. The van der Waals surface area contributed by atoms with E-state index < -0.39 is 16.2 Å². The molecular formula is C30H25BrN2O3. The molecule has 2 saturated heterocycles. The first-order valence-electron chi connectivity index (χ1n) is 12.7. The van der Waals surface area contributed by atoms with E-state index in [0.29, 0.717) is 11.3 Å². The smallest absolute Gasteiger partial charge is 0.253 e. The van der Waals surface area contributed by atoms with Crippen molar-refractivity contribution in [3.63, 3.8) is 0 Å². The summed E-state index contributed by atoms with van der Waals surface area (Å²) in [6.07, 6.45) is 3.22. The fraction of sp³-hybridized carbons (Fsp3) is 0.300. The van der Waals surface area contributed by atoms with Crippen molar-refractivity contribution in [3.05, 3.63) is 101 Å². The van der Waals surface area contributed by atoms with Crippen molar-refractivity contribution in [2.45, 2.75) is 29.5 Å². The molecule has 2 atom stereocenters. The van der Waals surface area contributed by atoms with Crippen LogP contribution in [0.2, 0.25) is 0 Å². The first-order chi connectivity index (χ1) is 17.5. The van der Waals surface area contributed by atoms with E-state index in [4.69, 9.17) is 0 Å². The van der Waals surface area contributed by atoms with Crippen molar-refractivity contribution in [2.24, 2.45) is 11.8 Å². The largest absolute Gasteiger partial charge is 0.339 e. The van der Waals surface area contributed by atoms with Crippen molar-refractivity contribution >= 4 is 39.3 Å². The van der Waals surface area contributed by atoms with Gasteiger partial charge in [-0.2, -0.15) is 0 Å². The Morgan fingerprint density at radius 2 is 1.36 bits per heavy atom. The number of hydrogen-bond donors (Lipinski definition) is 0. The van der Waals surface area contributed by atoms with Crippen LogP contribution >= 0.6 is 15.9 Å². The number of hydrogen-bond acceptors (Lipinski definition) is 3. The predicted octanol–water partition coefficient (Wildman–Crippen LogP) is 5.22. The van der Waals surface area contributed by atoms with Gasteiger partial charge in [0, 0.05) is 24.6 Å². The molecule has 0 spiro atoms. The van der Waals surface area contributed by atoms with E-state index in [1.807, 2.05) is 29.2 Å². The van der Waals surface area contributed by atoms with Gasteiger partial charge >= 0.3 is 0 Å². The molecule has 2 heterocycles. The summed E-state index contributed by atoms with van der Waals surface area (Å²) < 4.78 is -0.759. The number of anilines is 1. The molecule has 180 valence electrons. The standard InChI is InChI=1S/C30H25BrN2O3/c31-30-22-10-4-2-8-20(22)24(21-9-3-5-11-23(21)30)25-26(30)29(36)33(28(25)35)19-14-12-18(13-15-19)27(34)32-16-6-1-7-17-32/h2-5,8-15,24-26H,1,6-7,16-17H2/t24?,25-,26-,30?/m1/s1. The molecule has 8 rings (SSSR count). The SMILES string of the molecule is O=C(c1ccc(N2C(=O)[C@@H]3C4c5ccccc5C(Br)(c5ccccc54)[C@H]3C2=O)cc1)N1CCCCC1. The molecule has 3 amide bonds. The second-order valence-electron chi connectivity index (χ2n) is 10.3. The molecule has 2 bridgehead atoms. The highest BCUT2D eigenvalue weighted by atomic mass is 79.9. The van der Waals surface area contributed by atoms with Gasteiger partial charge < -0.3 is 4.90 Å². The van der Waals surface area contributed by atoms with E-state index in [-0.39, 0.29) is 23.6 Å². The monoisotopic (exact) mass is 540 g/mol. The summed E-state index contributed by atoms with van der Waals surface area (Å²) >= 11 is 4.03. The van der Waals surface area contributed by atoms with Crippen LogP contribution in [0.25, 0.3) is 0 Å². The van der Waals surface area contributed by atoms with Crippen LogP contribution in [0, 0.1) is 11.8 Å². The lowest BCUT2D eigenvalue weighted by atomic mass is 9.55. The summed E-state index contributed by atoms with van der Waals surface area (Å²) in [6, 6.07) is 23.3. The Balaban J connectivity index is 1.28. The number of amides is 3. The maximum absolute atomic E-state index is 14.0. The molecule has 5 aliphatic rings. The van der Waals surface area contributed by atoms with Gasteiger partial charge in [-0.1, -0.05) is 64.5 Å². The molecule has 0 saturated carbocycles. The number of imide groups is 1. The molecule has 3 aliphatic carbocycles. The zero-order valence-corrected chi connectivity index (χ0v) is 21.3. The highest BCUT2D eigenvalue weighted by Crippen LogP contribution is 2.66. The fourth-order valence-corrected chi connectivity index (χ4v) is 8.17. The third-order valence-electron chi connectivity index (χ3n) is 8.53. The number of piperidine rings is 1. The van der Waals surface area contributed by atoms with Crippen LogP contribution in [0.5, 0.6) is 0 Å². The van der Waals surface area contributed by atoms with Gasteiger partial charge in [-0.15, -0.1) is 0 Å². The topological polar surface area (TPSA) is 57.7 Å². The van der Waals surface area contributed by atoms with E-state index >= 15 is 0 Å². The molecule has 2 fully saturated rings. The summed E-state index contributed by atoms with van der Waals surface area (Å²) in [5.41, 5.74) is 5.48. The van der Waals surface area contributed by atoms with Crippen LogP contribution in [-0.4, -0.2) is 35.7 Å². The van der Waals surface area contributed by atoms with Crippen LogP contribution in [0.1, 0.15) is 57.8 Å². The molecule has 2 aliphatic heterocycles. The highest BCUT2D eigenvalue weighted by molar-refractivity contribution is 9.09. The number of benzene rings is 3. The number of halogens is 1. The minimum absolute atomic E-state index is 0.0114. The van der Waals surface area contributed by atoms with Gasteiger partial charge in [-0.25, -0.2) is 4.90 Å². The third kappa shape index (κ3) is 2.79. The molecule has 0 unspecified atom stereocenters. The summed E-state index contributed by atoms with van der Waals surface area (Å²) in [6.45, 7) is 1.56. The summed E-state index contributed by atoms with van der Waals surface area (Å²) in [7, 11) is 0. The second-order valence-corrected chi connectivity index (χ2v) is 11.5. The minimum atomic E-state index is -0.759. The molecule has 0 N–H and O–H groups in total. The number of rotatable bonds is 2. The zero-order chi connectivity index (χ0) is 24.6. The first-order valence-corrected chi connectivity index (χ1v) is 13.5. The molecule has 3 aromatic rings. The van der Waals surface area contributed by atoms with E-state index in [9.17, 15) is 14.4 Å². The summed E-state index contributed by atoms with van der Waals surface area (Å²) in [5, 5.41) is 0. The van der Waals surface area contributed by atoms with Crippen molar-refractivity contribution < 1.29 is 14.4 Å². The first kappa shape index (κ1) is 22.0. The van der Waals surface area contributed by atoms with Crippen LogP contribution < -0.4 is 4.90 Å². The van der Waals surface area contributed by atoms with Gasteiger partial charge in [0.05, 0.1) is 21.8 Å². The van der Waals surface area contributed by atoms with Gasteiger partial charge in [0.15, 0.2) is 0 Å². The molecular weight excluding hydrogens is 516 g/mol. The van der Waals surface area contributed by atoms with E-state index in [1.54, 1.807) is 24.3 Å². The van der Waals surface area contributed by atoms with Gasteiger partial charge in [-0.3, -0.25) is 14.4 Å². The average molecular weight is 541 g/mol. The third-order valence-corrected chi connectivity index (χ3v) is 9.88. The normalized spacial score (nSPS) is 28.1. The van der Waals surface area contributed by atoms with Gasteiger partial charge in [0.2, 0.25) is 11.8 Å². The Morgan fingerprint density at radius 1 is 0.778 bits per heavy atom. The maximum Gasteiger partial charge on any atom is 0.253 e. The quantitative estimate of drug-likeness (QED) is 0.331. The van der Waals surface area contributed by atoms with Crippen molar-refractivity contribution in [1.29, 1.82) is 0 Å². The van der Waals surface area contributed by atoms with E-state index in [0.717, 1.165) is 54.6 Å². The molecule has 6 heteroatoms. The zero-order valence-electron chi connectivity index (χ0n) is 19.7. The van der Waals surface area contributed by atoms with Gasteiger partial charge in [-0.05, 0) is 65.8 Å². The molecule has 0 aromatic heterocycles. The highest BCUT2D eigenvalue weighted by Gasteiger charge is 2.67. The number of alkyl halides is 1. The Kier molecular flexibility index (Phi) is 4.81. The molecule has 3 aromatic carbocycles. The van der Waals surface area contributed by atoms with Crippen LogP contribution in [-0.2, 0) is 13.9 Å². The molecule has 0 radical (unpaired) electrons. The van der Waals surface area contributed by atoms with Gasteiger partial charge in [0.25, 0.3) is 5.91 Å². The maximum atomic E-state index is 14.0. The van der Waals surface area contributed by atoms with Crippen molar-refractivity contribution in [3.8, 4) is 0 Å².